The predicted octanol–water partition coefficient (Wildman–Crippen LogP) is 4.56. The van der Waals surface area contributed by atoms with Gasteiger partial charge in [-0.1, -0.05) is 17.7 Å². The Morgan fingerprint density at radius 1 is 1.03 bits per heavy atom. The number of nitro groups is 1. The Labute approximate surface area is 190 Å². The highest BCUT2D eigenvalue weighted by Gasteiger charge is 2.31. The van der Waals surface area contributed by atoms with E-state index in [1.807, 2.05) is 0 Å². The van der Waals surface area contributed by atoms with Crippen molar-refractivity contribution in [2.24, 2.45) is 0 Å². The molecule has 2 N–H and O–H groups in total. The topological polar surface area (TPSA) is 128 Å². The number of benzene rings is 2. The Morgan fingerprint density at radius 3 is 2.42 bits per heavy atom. The number of alkyl halides is 3. The fourth-order valence-electron chi connectivity index (χ4n) is 2.52. The summed E-state index contributed by atoms with van der Waals surface area (Å²) in [5, 5.41) is 15.2. The zero-order valence-corrected chi connectivity index (χ0v) is 17.5. The maximum Gasteiger partial charge on any atom is 0.416 e. The molecule has 2 aromatic carbocycles. The highest BCUT2D eigenvalue weighted by molar-refractivity contribution is 6.33. The van der Waals surface area contributed by atoms with E-state index in [0.29, 0.717) is 6.07 Å². The van der Waals surface area contributed by atoms with Crippen molar-refractivity contribution in [3.63, 3.8) is 0 Å². The number of carbonyl (C=O) groups is 3. The standard InChI is InChI=1S/C20H17ClF3N3O6/c21-15-8-7-12(20(22,23)24)9-16(15)26-18(29)11-33-19(30)6-2-5-17(28)25-13-3-1-4-14(10-13)27(31)32/h1,3-4,7-10H,2,5-6,11H2,(H,25,28)(H,26,29). The van der Waals surface area contributed by atoms with Crippen LogP contribution < -0.4 is 10.6 Å². The SMILES string of the molecule is O=C(CCCC(=O)OCC(=O)Nc1cc(C(F)(F)F)ccc1Cl)Nc1cccc([N+](=O)[O-])c1. The van der Waals surface area contributed by atoms with Crippen LogP contribution in [0.25, 0.3) is 0 Å². The monoisotopic (exact) mass is 487 g/mol. The van der Waals surface area contributed by atoms with Crippen molar-refractivity contribution in [3.05, 3.63) is 63.2 Å². The first-order valence-corrected chi connectivity index (χ1v) is 9.70. The molecule has 0 atom stereocenters. The molecule has 0 fully saturated rings. The first-order valence-electron chi connectivity index (χ1n) is 9.32. The van der Waals surface area contributed by atoms with E-state index in [-0.39, 0.29) is 41.3 Å². The van der Waals surface area contributed by atoms with Crippen molar-refractivity contribution in [1.82, 2.24) is 0 Å². The number of hydrogen-bond donors (Lipinski definition) is 2. The van der Waals surface area contributed by atoms with Gasteiger partial charge in [-0.2, -0.15) is 13.2 Å². The molecule has 13 heteroatoms. The average Bonchev–Trinajstić information content (AvgIpc) is 2.73. The van der Waals surface area contributed by atoms with Crippen LogP contribution in [-0.4, -0.2) is 29.3 Å². The number of amides is 2. The number of halogens is 4. The summed E-state index contributed by atoms with van der Waals surface area (Å²) >= 11 is 5.77. The molecule has 176 valence electrons. The summed E-state index contributed by atoms with van der Waals surface area (Å²) in [7, 11) is 0. The molecular weight excluding hydrogens is 471 g/mol. The van der Waals surface area contributed by atoms with Crippen LogP contribution in [-0.2, 0) is 25.3 Å². The fourth-order valence-corrected chi connectivity index (χ4v) is 2.68. The molecule has 0 aliphatic heterocycles. The number of nitro benzene ring substituents is 1. The Balaban J connectivity index is 1.74. The molecule has 0 bridgehead atoms. The number of ether oxygens (including phenoxy) is 1. The molecule has 2 aromatic rings. The molecule has 0 radical (unpaired) electrons. The molecule has 0 saturated carbocycles. The minimum atomic E-state index is -4.63. The third-order valence-electron chi connectivity index (χ3n) is 4.06. The summed E-state index contributed by atoms with van der Waals surface area (Å²) in [6, 6.07) is 7.71. The largest absolute Gasteiger partial charge is 0.456 e. The van der Waals surface area contributed by atoms with E-state index in [0.717, 1.165) is 12.1 Å². The third-order valence-corrected chi connectivity index (χ3v) is 4.39. The van der Waals surface area contributed by atoms with Gasteiger partial charge in [-0.15, -0.1) is 0 Å². The molecule has 0 heterocycles. The summed E-state index contributed by atoms with van der Waals surface area (Å²) in [4.78, 5) is 45.6. The van der Waals surface area contributed by atoms with E-state index >= 15 is 0 Å². The van der Waals surface area contributed by atoms with Gasteiger partial charge in [0.25, 0.3) is 11.6 Å². The van der Waals surface area contributed by atoms with Gasteiger partial charge < -0.3 is 15.4 Å². The van der Waals surface area contributed by atoms with Gasteiger partial charge in [0.05, 0.1) is 21.2 Å². The van der Waals surface area contributed by atoms with Crippen molar-refractivity contribution >= 4 is 46.4 Å². The first-order chi connectivity index (χ1) is 15.5. The molecule has 2 amide bonds. The lowest BCUT2D eigenvalue weighted by Crippen LogP contribution is -2.21. The van der Waals surface area contributed by atoms with Crippen LogP contribution in [0, 0.1) is 10.1 Å². The minimum Gasteiger partial charge on any atom is -0.456 e. The van der Waals surface area contributed by atoms with Gasteiger partial charge in [0.2, 0.25) is 5.91 Å². The van der Waals surface area contributed by atoms with E-state index < -0.39 is 41.1 Å². The molecular formula is C20H17ClF3N3O6. The van der Waals surface area contributed by atoms with Crippen LogP contribution in [0.5, 0.6) is 0 Å². The first kappa shape index (κ1) is 25.6. The van der Waals surface area contributed by atoms with Gasteiger partial charge in [0.15, 0.2) is 6.61 Å². The summed E-state index contributed by atoms with van der Waals surface area (Å²) in [5.74, 6) is -2.18. The highest BCUT2D eigenvalue weighted by Crippen LogP contribution is 2.33. The molecule has 9 nitrogen and oxygen atoms in total. The van der Waals surface area contributed by atoms with Crippen LogP contribution in [0.1, 0.15) is 24.8 Å². The number of rotatable bonds is 9. The van der Waals surface area contributed by atoms with Crippen molar-refractivity contribution in [2.75, 3.05) is 17.2 Å². The maximum atomic E-state index is 12.8. The fraction of sp³-hybridized carbons (Fsp3) is 0.250. The number of hydrogen-bond acceptors (Lipinski definition) is 6. The number of esters is 1. The van der Waals surface area contributed by atoms with E-state index in [1.165, 1.54) is 24.3 Å². The zero-order chi connectivity index (χ0) is 24.6. The molecule has 2 rings (SSSR count). The van der Waals surface area contributed by atoms with Crippen LogP contribution in [0.3, 0.4) is 0 Å². The summed E-state index contributed by atoms with van der Waals surface area (Å²) < 4.78 is 43.0. The van der Waals surface area contributed by atoms with Gasteiger partial charge in [-0.3, -0.25) is 24.5 Å². The smallest absolute Gasteiger partial charge is 0.416 e. The molecule has 33 heavy (non-hydrogen) atoms. The Morgan fingerprint density at radius 2 is 1.76 bits per heavy atom. The van der Waals surface area contributed by atoms with E-state index in [2.05, 4.69) is 10.6 Å². The minimum absolute atomic E-state index is 0.0701. The van der Waals surface area contributed by atoms with Crippen molar-refractivity contribution in [1.29, 1.82) is 0 Å². The van der Waals surface area contributed by atoms with E-state index in [4.69, 9.17) is 16.3 Å². The predicted molar refractivity (Wildman–Crippen MR) is 112 cm³/mol. The number of nitrogens with zero attached hydrogens (tertiary/aromatic N) is 1. The highest BCUT2D eigenvalue weighted by atomic mass is 35.5. The van der Waals surface area contributed by atoms with Crippen molar-refractivity contribution in [2.45, 2.75) is 25.4 Å². The molecule has 0 aliphatic carbocycles. The second-order valence-electron chi connectivity index (χ2n) is 6.61. The Kier molecular flexibility index (Phi) is 8.74. The zero-order valence-electron chi connectivity index (χ0n) is 16.8. The van der Waals surface area contributed by atoms with Gasteiger partial charge in [-0.05, 0) is 30.7 Å². The summed E-state index contributed by atoms with van der Waals surface area (Å²) in [5.41, 5.74) is -1.27. The van der Waals surface area contributed by atoms with Crippen LogP contribution in [0.15, 0.2) is 42.5 Å². The van der Waals surface area contributed by atoms with E-state index in [9.17, 15) is 37.7 Å². The van der Waals surface area contributed by atoms with Gasteiger partial charge in [0.1, 0.15) is 0 Å². The van der Waals surface area contributed by atoms with Gasteiger partial charge in [0, 0.05) is 30.7 Å². The summed E-state index contributed by atoms with van der Waals surface area (Å²) in [6.07, 6.45) is -4.86. The lowest BCUT2D eigenvalue weighted by Gasteiger charge is -2.12. The normalized spacial score (nSPS) is 10.9. The second kappa shape index (κ2) is 11.3. The average molecular weight is 488 g/mol. The molecule has 0 spiro atoms. The summed E-state index contributed by atoms with van der Waals surface area (Å²) in [6.45, 7) is -0.759. The quantitative estimate of drug-likeness (QED) is 0.303. The van der Waals surface area contributed by atoms with E-state index in [1.54, 1.807) is 0 Å². The maximum absolute atomic E-state index is 12.8. The number of non-ortho nitro benzene ring substituents is 1. The van der Waals surface area contributed by atoms with Crippen molar-refractivity contribution < 1.29 is 37.2 Å². The van der Waals surface area contributed by atoms with Crippen LogP contribution in [0.4, 0.5) is 30.2 Å². The Hall–Kier alpha value is -3.67. The van der Waals surface area contributed by atoms with Gasteiger partial charge in [-0.25, -0.2) is 0 Å². The van der Waals surface area contributed by atoms with Crippen LogP contribution in [0.2, 0.25) is 5.02 Å². The third kappa shape index (κ3) is 8.41. The second-order valence-corrected chi connectivity index (χ2v) is 7.02. The van der Waals surface area contributed by atoms with Crippen molar-refractivity contribution in [3.8, 4) is 0 Å². The molecule has 0 aliphatic rings. The van der Waals surface area contributed by atoms with Gasteiger partial charge >= 0.3 is 12.1 Å². The molecule has 0 aromatic heterocycles. The molecule has 0 saturated heterocycles. The lowest BCUT2D eigenvalue weighted by molar-refractivity contribution is -0.384. The lowest BCUT2D eigenvalue weighted by atomic mass is 10.2. The Bertz CT molecular complexity index is 1060. The molecule has 0 unspecified atom stereocenters. The number of anilines is 2. The number of carbonyl (C=O) groups excluding carboxylic acids is 3. The van der Waals surface area contributed by atoms with Crippen LogP contribution >= 0.6 is 11.6 Å². The number of nitrogens with one attached hydrogen (secondary N) is 2.